The largest absolute Gasteiger partial charge is 0.352 e. The highest BCUT2D eigenvalue weighted by Gasteiger charge is 2.05. The first-order chi connectivity index (χ1) is 16.1. The van der Waals surface area contributed by atoms with Crippen LogP contribution in [0, 0.1) is 0 Å². The fraction of sp³-hybridized carbons (Fsp3) is 0.519. The lowest BCUT2D eigenvalue weighted by Gasteiger charge is -2.10. The zero-order chi connectivity index (χ0) is 23.7. The van der Waals surface area contributed by atoms with Crippen molar-refractivity contribution in [1.29, 1.82) is 0 Å². The number of carbonyl (C=O) groups excluding carboxylic acids is 1. The van der Waals surface area contributed by atoms with Crippen molar-refractivity contribution in [3.05, 3.63) is 65.2 Å². The van der Waals surface area contributed by atoms with Gasteiger partial charge in [-0.25, -0.2) is 0 Å². The summed E-state index contributed by atoms with van der Waals surface area (Å²) in [6.45, 7) is 4.34. The van der Waals surface area contributed by atoms with Gasteiger partial charge in [0.15, 0.2) is 0 Å². The first kappa shape index (κ1) is 26.8. The maximum Gasteiger partial charge on any atom is 0.251 e. The van der Waals surface area contributed by atoms with E-state index in [-0.39, 0.29) is 11.1 Å². The molecule has 0 unspecified atom stereocenters. The van der Waals surface area contributed by atoms with Crippen molar-refractivity contribution in [3.8, 4) is 0 Å². The van der Waals surface area contributed by atoms with E-state index in [1.165, 1.54) is 57.8 Å². The minimum atomic E-state index is -0.00710. The van der Waals surface area contributed by atoms with Gasteiger partial charge in [-0.05, 0) is 41.8 Å². The molecule has 0 aliphatic rings. The topological polar surface area (TPSA) is 84.8 Å². The Labute approximate surface area is 198 Å². The molecule has 4 N–H and O–H groups in total. The molecule has 1 amide bonds. The van der Waals surface area contributed by atoms with Crippen LogP contribution in [0.4, 0.5) is 5.69 Å². The highest BCUT2D eigenvalue weighted by atomic mass is 16.8. The van der Waals surface area contributed by atoms with Gasteiger partial charge in [0, 0.05) is 25.2 Å². The zero-order valence-electron chi connectivity index (χ0n) is 20.1. The van der Waals surface area contributed by atoms with E-state index in [0.29, 0.717) is 24.3 Å². The molecule has 2 aromatic rings. The van der Waals surface area contributed by atoms with Crippen molar-refractivity contribution in [3.63, 3.8) is 0 Å². The van der Waals surface area contributed by atoms with Gasteiger partial charge in [0.05, 0.1) is 5.69 Å². The summed E-state index contributed by atoms with van der Waals surface area (Å²) in [6.07, 6.45) is 12.9. The molecule has 0 bridgehead atoms. The molecular weight excluding hydrogens is 414 g/mol. The Balaban J connectivity index is 1.55. The Bertz CT molecular complexity index is 776. The minimum Gasteiger partial charge on any atom is -0.352 e. The summed E-state index contributed by atoms with van der Waals surface area (Å²) in [5, 5.41) is 24.4. The van der Waals surface area contributed by atoms with Crippen LogP contribution in [0.5, 0.6) is 0 Å². The van der Waals surface area contributed by atoms with E-state index in [2.05, 4.69) is 17.6 Å². The van der Waals surface area contributed by atoms with Crippen molar-refractivity contribution >= 4 is 11.6 Å². The van der Waals surface area contributed by atoms with E-state index < -0.39 is 0 Å². The molecule has 0 aliphatic heterocycles. The van der Waals surface area contributed by atoms with Gasteiger partial charge in [-0.2, -0.15) is 0 Å². The molecule has 6 nitrogen and oxygen atoms in total. The van der Waals surface area contributed by atoms with Crippen LogP contribution in [0.2, 0.25) is 0 Å². The van der Waals surface area contributed by atoms with Crippen LogP contribution in [0.3, 0.4) is 0 Å². The van der Waals surface area contributed by atoms with Crippen LogP contribution in [0.15, 0.2) is 48.5 Å². The monoisotopic (exact) mass is 455 g/mol. The van der Waals surface area contributed by atoms with Crippen molar-refractivity contribution in [2.24, 2.45) is 0 Å². The maximum atomic E-state index is 12.3. The molecule has 0 aromatic heterocycles. The van der Waals surface area contributed by atoms with Gasteiger partial charge < -0.3 is 10.6 Å². The molecule has 0 atom stereocenters. The molecule has 182 valence electrons. The molecule has 0 fully saturated rings. The van der Waals surface area contributed by atoms with Crippen molar-refractivity contribution < 1.29 is 15.2 Å². The number of benzene rings is 2. The van der Waals surface area contributed by atoms with Crippen LogP contribution < -0.4 is 15.9 Å². The second-order valence-electron chi connectivity index (χ2n) is 8.69. The molecular formula is C27H41N3O3. The second kappa shape index (κ2) is 16.2. The van der Waals surface area contributed by atoms with E-state index in [1.54, 1.807) is 12.1 Å². The van der Waals surface area contributed by atoms with Crippen molar-refractivity contribution in [1.82, 2.24) is 10.6 Å². The molecule has 0 saturated heterocycles. The highest BCUT2D eigenvalue weighted by Crippen LogP contribution is 2.12. The fourth-order valence-electron chi connectivity index (χ4n) is 3.79. The average molecular weight is 456 g/mol. The Hall–Kier alpha value is -2.41. The predicted octanol–water partition coefficient (Wildman–Crippen LogP) is 6.21. The van der Waals surface area contributed by atoms with Crippen LogP contribution in [-0.4, -0.2) is 22.9 Å². The maximum absolute atomic E-state index is 12.3. The number of carbonyl (C=O) groups is 1. The molecule has 2 aromatic carbocycles. The first-order valence-corrected chi connectivity index (χ1v) is 12.4. The number of nitrogens with one attached hydrogen (secondary N) is 2. The normalized spacial score (nSPS) is 10.9. The number of unbranched alkanes of at least 4 members (excludes halogenated alkanes) is 9. The third-order valence-electron chi connectivity index (χ3n) is 5.86. The van der Waals surface area contributed by atoms with Gasteiger partial charge in [0.2, 0.25) is 0 Å². The quantitative estimate of drug-likeness (QED) is 0.168. The Kier molecular flexibility index (Phi) is 13.2. The molecule has 33 heavy (non-hydrogen) atoms. The van der Waals surface area contributed by atoms with Crippen LogP contribution in [0.25, 0.3) is 0 Å². The van der Waals surface area contributed by atoms with Crippen molar-refractivity contribution in [2.45, 2.75) is 84.2 Å². The number of hydrogen-bond acceptors (Lipinski definition) is 5. The molecule has 0 saturated carbocycles. The summed E-state index contributed by atoms with van der Waals surface area (Å²) in [7, 11) is 0. The van der Waals surface area contributed by atoms with E-state index in [4.69, 9.17) is 10.4 Å². The van der Waals surface area contributed by atoms with E-state index in [0.717, 1.165) is 24.1 Å². The summed E-state index contributed by atoms with van der Waals surface area (Å²) in [6, 6.07) is 14.6. The fourth-order valence-corrected chi connectivity index (χ4v) is 3.79. The Morgan fingerprint density at radius 1 is 0.727 bits per heavy atom. The number of anilines is 1. The molecule has 2 rings (SSSR count). The average Bonchev–Trinajstić information content (AvgIpc) is 2.83. The first-order valence-electron chi connectivity index (χ1n) is 12.4. The second-order valence-corrected chi connectivity index (χ2v) is 8.69. The van der Waals surface area contributed by atoms with Gasteiger partial charge in [0.25, 0.3) is 5.91 Å². The molecule has 0 spiro atoms. The van der Waals surface area contributed by atoms with E-state index in [1.807, 2.05) is 36.4 Å². The van der Waals surface area contributed by atoms with Gasteiger partial charge >= 0.3 is 0 Å². The summed E-state index contributed by atoms with van der Waals surface area (Å²) in [5.41, 5.74) is 3.16. The molecule has 0 radical (unpaired) electrons. The lowest BCUT2D eigenvalue weighted by atomic mass is 10.1. The summed E-state index contributed by atoms with van der Waals surface area (Å²) in [5.74, 6) is -0.00710. The zero-order valence-corrected chi connectivity index (χ0v) is 20.1. The van der Waals surface area contributed by atoms with Crippen molar-refractivity contribution in [2.75, 3.05) is 11.8 Å². The lowest BCUT2D eigenvalue weighted by molar-refractivity contribution is 0.0291. The van der Waals surface area contributed by atoms with Crippen LogP contribution in [0.1, 0.15) is 92.6 Å². The number of amides is 1. The third kappa shape index (κ3) is 11.3. The molecule has 6 heteroatoms. The molecule has 0 heterocycles. The van der Waals surface area contributed by atoms with Gasteiger partial charge in [-0.15, -0.1) is 5.23 Å². The Morgan fingerprint density at radius 3 is 1.73 bits per heavy atom. The SMILES string of the molecule is CCCCCCCCCCCCNC(=O)c1ccc(CNCc2ccc(N(O)O)cc2)cc1. The summed E-state index contributed by atoms with van der Waals surface area (Å²) in [4.78, 5) is 12.3. The minimum absolute atomic E-state index is 0.00710. The summed E-state index contributed by atoms with van der Waals surface area (Å²) < 4.78 is 0. The van der Waals surface area contributed by atoms with Gasteiger partial charge in [-0.3, -0.25) is 15.2 Å². The Morgan fingerprint density at radius 2 is 1.21 bits per heavy atom. The molecule has 0 aliphatic carbocycles. The van der Waals surface area contributed by atoms with Crippen LogP contribution >= 0.6 is 0 Å². The number of rotatable bonds is 17. The van der Waals surface area contributed by atoms with Crippen LogP contribution in [-0.2, 0) is 13.1 Å². The number of hydrogen-bond donors (Lipinski definition) is 4. The van der Waals surface area contributed by atoms with Gasteiger partial charge in [-0.1, -0.05) is 89.0 Å². The lowest BCUT2D eigenvalue weighted by Crippen LogP contribution is -2.24. The standard InChI is InChI=1S/C27H41N3O3/c1-2-3-4-5-6-7-8-9-10-11-20-29-27(31)25-16-12-23(13-17-25)21-28-22-24-14-18-26(19-15-24)30(32)33/h12-19,28,32-33H,2-11,20-22H2,1H3,(H,29,31). The van der Waals surface area contributed by atoms with E-state index >= 15 is 0 Å². The predicted molar refractivity (Wildman–Crippen MR) is 134 cm³/mol. The third-order valence-corrected chi connectivity index (χ3v) is 5.86. The smallest absolute Gasteiger partial charge is 0.251 e. The highest BCUT2D eigenvalue weighted by molar-refractivity contribution is 5.94. The van der Waals surface area contributed by atoms with Gasteiger partial charge in [0.1, 0.15) is 0 Å². The van der Waals surface area contributed by atoms with E-state index in [9.17, 15) is 4.79 Å². The summed E-state index contributed by atoms with van der Waals surface area (Å²) >= 11 is 0. The number of nitrogens with zero attached hydrogens (tertiary/aromatic N) is 1.